The van der Waals surface area contributed by atoms with Gasteiger partial charge in [-0.15, -0.1) is 0 Å². The Morgan fingerprint density at radius 2 is 1.05 bits per heavy atom. The Balaban J connectivity index is 1.09. The van der Waals surface area contributed by atoms with E-state index >= 15 is 0 Å². The lowest BCUT2D eigenvalue weighted by Crippen LogP contribution is -2.65. The molecule has 3 saturated heterocycles. The number of fused-ring (bicyclic) bond motifs is 1. The molecule has 0 amide bonds. The van der Waals surface area contributed by atoms with Gasteiger partial charge in [0.15, 0.2) is 18.9 Å². The molecule has 0 spiro atoms. The summed E-state index contributed by atoms with van der Waals surface area (Å²) in [6.45, 7) is 2.00. The molecule has 0 radical (unpaired) electrons. The smallest absolute Gasteiger partial charge is 0.186 e. The second kappa shape index (κ2) is 20.6. The van der Waals surface area contributed by atoms with Crippen LogP contribution in [0.15, 0.2) is 152 Å². The Hall–Kier alpha value is -4.30. The molecule has 3 fully saturated rings. The second-order valence-electron chi connectivity index (χ2n) is 14.8. The van der Waals surface area contributed by atoms with Crippen molar-refractivity contribution in [1.29, 1.82) is 0 Å². The van der Waals surface area contributed by atoms with Crippen molar-refractivity contribution in [2.75, 3.05) is 20.3 Å². The average molecular weight is 789 g/mol. The molecule has 0 N–H and O–H groups in total. The molecule has 10 heteroatoms. The van der Waals surface area contributed by atoms with E-state index in [4.69, 9.17) is 47.4 Å². The van der Waals surface area contributed by atoms with Gasteiger partial charge in [-0.3, -0.25) is 0 Å². The SMILES string of the molecule is COC1OC2COC(c3ccccc3)OC2C(O[C@H]2CC(OCc3ccccc3)C(OCc3ccccc3)C(COCc3ccccc3)O2)C1OCc1ccccc1. The fourth-order valence-electron chi connectivity index (χ4n) is 7.69. The van der Waals surface area contributed by atoms with Crippen molar-refractivity contribution in [2.24, 2.45) is 0 Å². The van der Waals surface area contributed by atoms with Gasteiger partial charge in [-0.25, -0.2) is 0 Å². The third kappa shape index (κ3) is 10.7. The lowest BCUT2D eigenvalue weighted by Gasteiger charge is -2.50. The molecular formula is C48H52O10. The molecule has 58 heavy (non-hydrogen) atoms. The van der Waals surface area contributed by atoms with Gasteiger partial charge in [-0.1, -0.05) is 152 Å². The monoisotopic (exact) mass is 788 g/mol. The van der Waals surface area contributed by atoms with Crippen LogP contribution in [0.3, 0.4) is 0 Å². The molecular weight excluding hydrogens is 737 g/mol. The third-order valence-electron chi connectivity index (χ3n) is 10.7. The predicted octanol–water partition coefficient (Wildman–Crippen LogP) is 7.95. The van der Waals surface area contributed by atoms with Gasteiger partial charge in [0.1, 0.15) is 36.6 Å². The first-order valence-electron chi connectivity index (χ1n) is 20.1. The minimum absolute atomic E-state index is 0.244. The van der Waals surface area contributed by atoms with Crippen LogP contribution in [0.1, 0.15) is 40.5 Å². The van der Waals surface area contributed by atoms with Crippen LogP contribution in [-0.4, -0.2) is 75.6 Å². The maximum Gasteiger partial charge on any atom is 0.186 e. The summed E-state index contributed by atoms with van der Waals surface area (Å²) in [5, 5.41) is 0. The molecule has 9 unspecified atom stereocenters. The topological polar surface area (TPSA) is 92.3 Å². The number of hydrogen-bond donors (Lipinski definition) is 0. The van der Waals surface area contributed by atoms with E-state index in [9.17, 15) is 0 Å². The predicted molar refractivity (Wildman–Crippen MR) is 215 cm³/mol. The molecule has 0 aliphatic carbocycles. The quantitative estimate of drug-likeness (QED) is 0.0925. The van der Waals surface area contributed by atoms with Crippen LogP contribution in [-0.2, 0) is 73.8 Å². The zero-order valence-electron chi connectivity index (χ0n) is 32.7. The van der Waals surface area contributed by atoms with Crippen LogP contribution < -0.4 is 0 Å². The minimum Gasteiger partial charge on any atom is -0.374 e. The van der Waals surface area contributed by atoms with Gasteiger partial charge < -0.3 is 47.4 Å². The van der Waals surface area contributed by atoms with E-state index in [1.807, 2.05) is 127 Å². The molecule has 0 bridgehead atoms. The van der Waals surface area contributed by atoms with Crippen molar-refractivity contribution in [3.8, 4) is 0 Å². The number of hydrogen-bond acceptors (Lipinski definition) is 10. The third-order valence-corrected chi connectivity index (χ3v) is 10.7. The summed E-state index contributed by atoms with van der Waals surface area (Å²) >= 11 is 0. The number of rotatable bonds is 17. The normalized spacial score (nSPS) is 28.4. The Labute approximate surface area is 340 Å². The van der Waals surface area contributed by atoms with Crippen molar-refractivity contribution >= 4 is 0 Å². The van der Waals surface area contributed by atoms with Gasteiger partial charge >= 0.3 is 0 Å². The van der Waals surface area contributed by atoms with Gasteiger partial charge in [-0.05, 0) is 22.3 Å². The standard InChI is InChI=1S/C48H52O10/c1-49-48-46(53-31-37-23-13-5-14-24-37)45(44-41(56-48)33-54-47(58-44)38-25-15-6-16-26-38)57-42-27-39(51-29-35-19-9-3-10-20-35)43(52-30-36-21-11-4-12-22-36)40(55-42)32-50-28-34-17-7-2-8-18-34/h2-26,39-48H,27-33H2,1H3/t39?,40?,41?,42-,43?,44?,45?,46?,47?,48?/m0/s1. The van der Waals surface area contributed by atoms with E-state index in [-0.39, 0.29) is 13.2 Å². The first-order valence-corrected chi connectivity index (χ1v) is 20.1. The second-order valence-corrected chi connectivity index (χ2v) is 14.8. The molecule has 0 saturated carbocycles. The van der Waals surface area contributed by atoms with Gasteiger partial charge in [0.05, 0.1) is 45.7 Å². The maximum absolute atomic E-state index is 7.13. The molecule has 304 valence electrons. The zero-order chi connectivity index (χ0) is 39.4. The van der Waals surface area contributed by atoms with E-state index in [2.05, 4.69) is 24.3 Å². The van der Waals surface area contributed by atoms with Crippen LogP contribution >= 0.6 is 0 Å². The molecule has 8 rings (SSSR count). The first-order chi connectivity index (χ1) is 28.7. The van der Waals surface area contributed by atoms with E-state index in [0.29, 0.717) is 32.8 Å². The van der Waals surface area contributed by atoms with Gasteiger partial charge in [0.25, 0.3) is 0 Å². The fraction of sp³-hybridized carbons (Fsp3) is 0.375. The molecule has 5 aromatic carbocycles. The summed E-state index contributed by atoms with van der Waals surface area (Å²) in [4.78, 5) is 0. The highest BCUT2D eigenvalue weighted by Crippen LogP contribution is 2.39. The van der Waals surface area contributed by atoms with Crippen molar-refractivity contribution in [3.05, 3.63) is 179 Å². The minimum atomic E-state index is -0.767. The van der Waals surface area contributed by atoms with Gasteiger partial charge in [0.2, 0.25) is 0 Å². The molecule has 10 nitrogen and oxygen atoms in total. The number of methoxy groups -OCH3 is 1. The summed E-state index contributed by atoms with van der Waals surface area (Å²) < 4.78 is 65.9. The summed E-state index contributed by atoms with van der Waals surface area (Å²) in [6.07, 6.45) is -5.66. The summed E-state index contributed by atoms with van der Waals surface area (Å²) in [5.74, 6) is 0. The Morgan fingerprint density at radius 1 is 0.534 bits per heavy atom. The highest BCUT2D eigenvalue weighted by molar-refractivity contribution is 5.18. The summed E-state index contributed by atoms with van der Waals surface area (Å²) in [5.41, 5.74) is 5.07. The van der Waals surface area contributed by atoms with Crippen molar-refractivity contribution in [1.82, 2.24) is 0 Å². The molecule has 3 heterocycles. The fourth-order valence-corrected chi connectivity index (χ4v) is 7.69. The summed E-state index contributed by atoms with van der Waals surface area (Å²) in [7, 11) is 1.61. The van der Waals surface area contributed by atoms with E-state index in [0.717, 1.165) is 27.8 Å². The van der Waals surface area contributed by atoms with E-state index in [1.54, 1.807) is 7.11 Å². The first kappa shape index (κ1) is 40.5. The van der Waals surface area contributed by atoms with Crippen LogP contribution in [0.2, 0.25) is 0 Å². The van der Waals surface area contributed by atoms with Crippen molar-refractivity contribution < 1.29 is 47.4 Å². The van der Waals surface area contributed by atoms with E-state index < -0.39 is 61.6 Å². The van der Waals surface area contributed by atoms with Crippen LogP contribution in [0, 0.1) is 0 Å². The van der Waals surface area contributed by atoms with Gasteiger partial charge in [-0.2, -0.15) is 0 Å². The highest BCUT2D eigenvalue weighted by Gasteiger charge is 2.53. The van der Waals surface area contributed by atoms with Crippen LogP contribution in [0.5, 0.6) is 0 Å². The maximum atomic E-state index is 7.13. The van der Waals surface area contributed by atoms with Crippen molar-refractivity contribution in [2.45, 2.75) is 94.4 Å². The molecule has 3 aliphatic heterocycles. The molecule has 10 atom stereocenters. The highest BCUT2D eigenvalue weighted by atomic mass is 16.8. The Kier molecular flexibility index (Phi) is 14.4. The van der Waals surface area contributed by atoms with E-state index in [1.165, 1.54) is 0 Å². The largest absolute Gasteiger partial charge is 0.374 e. The lowest BCUT2D eigenvalue weighted by molar-refractivity contribution is -0.388. The van der Waals surface area contributed by atoms with Crippen molar-refractivity contribution in [3.63, 3.8) is 0 Å². The molecule has 3 aliphatic rings. The van der Waals surface area contributed by atoms with Crippen LogP contribution in [0.25, 0.3) is 0 Å². The Morgan fingerprint density at radius 3 is 1.62 bits per heavy atom. The Bertz CT molecular complexity index is 1900. The van der Waals surface area contributed by atoms with Crippen LogP contribution in [0.4, 0.5) is 0 Å². The average Bonchev–Trinajstić information content (AvgIpc) is 3.29. The lowest BCUT2D eigenvalue weighted by atomic mass is 9.96. The zero-order valence-corrected chi connectivity index (χ0v) is 32.7. The summed E-state index contributed by atoms with van der Waals surface area (Å²) in [6, 6.07) is 50.2. The molecule has 5 aromatic rings. The van der Waals surface area contributed by atoms with Gasteiger partial charge in [0, 0.05) is 19.1 Å². The number of benzene rings is 5. The molecule has 0 aromatic heterocycles. The number of ether oxygens (including phenoxy) is 10.